The molecular formula is C14H18F3NO. The maximum absolute atomic E-state index is 13.9. The predicted octanol–water partition coefficient (Wildman–Crippen LogP) is 3.18. The molecule has 3 atom stereocenters. The number of hydrogen-bond donors (Lipinski definition) is 1. The molecule has 1 aromatic rings. The van der Waals surface area contributed by atoms with E-state index in [1.807, 2.05) is 13.8 Å². The summed E-state index contributed by atoms with van der Waals surface area (Å²) in [6.45, 7) is 4.96. The molecule has 0 amide bonds. The summed E-state index contributed by atoms with van der Waals surface area (Å²) in [5.41, 5.74) is 0.170. The van der Waals surface area contributed by atoms with Crippen LogP contribution in [0.2, 0.25) is 0 Å². The van der Waals surface area contributed by atoms with Gasteiger partial charge in [0.25, 0.3) is 0 Å². The molecule has 3 unspecified atom stereocenters. The van der Waals surface area contributed by atoms with Gasteiger partial charge in [-0.3, -0.25) is 0 Å². The number of hydrogen-bond acceptors (Lipinski definition) is 2. The zero-order chi connectivity index (χ0) is 14.0. The van der Waals surface area contributed by atoms with Gasteiger partial charge in [-0.1, -0.05) is 13.0 Å². The lowest BCUT2D eigenvalue weighted by Gasteiger charge is -2.24. The van der Waals surface area contributed by atoms with Crippen LogP contribution in [0, 0.1) is 23.4 Å². The molecule has 0 aliphatic carbocycles. The number of nitrogens with one attached hydrogen (secondary N) is 1. The monoisotopic (exact) mass is 273 g/mol. The Morgan fingerprint density at radius 3 is 2.63 bits per heavy atom. The van der Waals surface area contributed by atoms with Gasteiger partial charge in [-0.2, -0.15) is 0 Å². The normalized spacial score (nSPS) is 24.7. The molecule has 2 nitrogen and oxygen atoms in total. The van der Waals surface area contributed by atoms with Crippen molar-refractivity contribution in [1.29, 1.82) is 0 Å². The molecule has 1 saturated heterocycles. The SMILES string of the molecule is CCNC(c1ccc(F)c(F)c1F)C1COC(C)C1. The third kappa shape index (κ3) is 2.92. The highest BCUT2D eigenvalue weighted by Crippen LogP contribution is 2.33. The summed E-state index contributed by atoms with van der Waals surface area (Å²) in [4.78, 5) is 0. The van der Waals surface area contributed by atoms with Crippen LogP contribution in [0.25, 0.3) is 0 Å². The Morgan fingerprint density at radius 2 is 2.05 bits per heavy atom. The summed E-state index contributed by atoms with van der Waals surface area (Å²) in [6.07, 6.45) is 0.885. The van der Waals surface area contributed by atoms with Gasteiger partial charge in [-0.05, 0) is 26.0 Å². The summed E-state index contributed by atoms with van der Waals surface area (Å²) in [6, 6.07) is 1.92. The van der Waals surface area contributed by atoms with Crippen LogP contribution in [0.4, 0.5) is 13.2 Å². The Bertz CT molecular complexity index is 453. The number of benzene rings is 1. The molecule has 106 valence electrons. The molecule has 1 heterocycles. The predicted molar refractivity (Wildman–Crippen MR) is 66.3 cm³/mol. The van der Waals surface area contributed by atoms with Gasteiger partial charge in [0, 0.05) is 17.5 Å². The van der Waals surface area contributed by atoms with Crippen LogP contribution < -0.4 is 5.32 Å². The highest BCUT2D eigenvalue weighted by molar-refractivity contribution is 5.24. The van der Waals surface area contributed by atoms with E-state index in [1.165, 1.54) is 6.07 Å². The molecule has 1 aliphatic heterocycles. The Labute approximate surface area is 111 Å². The highest BCUT2D eigenvalue weighted by Gasteiger charge is 2.32. The molecule has 2 rings (SSSR count). The summed E-state index contributed by atoms with van der Waals surface area (Å²) in [5, 5.41) is 3.14. The van der Waals surface area contributed by atoms with Crippen LogP contribution in [0.15, 0.2) is 12.1 Å². The number of rotatable bonds is 4. The minimum atomic E-state index is -1.41. The smallest absolute Gasteiger partial charge is 0.194 e. The number of ether oxygens (including phenoxy) is 1. The molecule has 0 radical (unpaired) electrons. The Hall–Kier alpha value is -1.07. The highest BCUT2D eigenvalue weighted by atomic mass is 19.2. The molecular weight excluding hydrogens is 255 g/mol. The average molecular weight is 273 g/mol. The maximum atomic E-state index is 13.9. The van der Waals surface area contributed by atoms with Crippen LogP contribution >= 0.6 is 0 Å². The van der Waals surface area contributed by atoms with E-state index in [2.05, 4.69) is 5.32 Å². The first kappa shape index (κ1) is 14.3. The van der Waals surface area contributed by atoms with E-state index in [9.17, 15) is 13.2 Å². The van der Waals surface area contributed by atoms with Crippen molar-refractivity contribution in [3.8, 4) is 0 Å². The van der Waals surface area contributed by atoms with Gasteiger partial charge in [0.05, 0.1) is 12.7 Å². The van der Waals surface area contributed by atoms with Gasteiger partial charge in [-0.25, -0.2) is 13.2 Å². The van der Waals surface area contributed by atoms with E-state index in [0.29, 0.717) is 13.2 Å². The van der Waals surface area contributed by atoms with E-state index in [1.54, 1.807) is 0 Å². The van der Waals surface area contributed by atoms with Crippen LogP contribution in [0.5, 0.6) is 0 Å². The van der Waals surface area contributed by atoms with Crippen molar-refractivity contribution in [3.05, 3.63) is 35.1 Å². The van der Waals surface area contributed by atoms with Gasteiger partial charge in [0.15, 0.2) is 17.5 Å². The lowest BCUT2D eigenvalue weighted by Crippen LogP contribution is -2.30. The third-order valence-corrected chi connectivity index (χ3v) is 3.53. The van der Waals surface area contributed by atoms with Crippen molar-refractivity contribution in [1.82, 2.24) is 5.32 Å². The molecule has 0 spiro atoms. The van der Waals surface area contributed by atoms with Gasteiger partial charge in [0.2, 0.25) is 0 Å². The van der Waals surface area contributed by atoms with Crippen molar-refractivity contribution in [2.75, 3.05) is 13.2 Å². The van der Waals surface area contributed by atoms with Gasteiger partial charge < -0.3 is 10.1 Å². The minimum Gasteiger partial charge on any atom is -0.378 e. The van der Waals surface area contributed by atoms with E-state index in [-0.39, 0.29) is 23.6 Å². The molecule has 0 aromatic heterocycles. The van der Waals surface area contributed by atoms with Crippen LogP contribution in [0.3, 0.4) is 0 Å². The topological polar surface area (TPSA) is 21.3 Å². The first-order chi connectivity index (χ1) is 9.04. The van der Waals surface area contributed by atoms with Crippen LogP contribution in [-0.2, 0) is 4.74 Å². The molecule has 19 heavy (non-hydrogen) atoms. The van der Waals surface area contributed by atoms with E-state index >= 15 is 0 Å². The van der Waals surface area contributed by atoms with E-state index in [0.717, 1.165) is 12.5 Å². The van der Waals surface area contributed by atoms with E-state index < -0.39 is 17.5 Å². The maximum Gasteiger partial charge on any atom is 0.194 e. The third-order valence-electron chi connectivity index (χ3n) is 3.53. The summed E-state index contributed by atoms with van der Waals surface area (Å²) < 4.78 is 45.7. The first-order valence-corrected chi connectivity index (χ1v) is 6.53. The summed E-state index contributed by atoms with van der Waals surface area (Å²) >= 11 is 0. The molecule has 1 aliphatic rings. The zero-order valence-electron chi connectivity index (χ0n) is 11.1. The van der Waals surface area contributed by atoms with Crippen molar-refractivity contribution >= 4 is 0 Å². The zero-order valence-corrected chi connectivity index (χ0v) is 11.1. The largest absolute Gasteiger partial charge is 0.378 e. The van der Waals surface area contributed by atoms with Crippen molar-refractivity contribution < 1.29 is 17.9 Å². The average Bonchev–Trinajstić information content (AvgIpc) is 2.81. The first-order valence-electron chi connectivity index (χ1n) is 6.53. The van der Waals surface area contributed by atoms with Crippen molar-refractivity contribution in [2.45, 2.75) is 32.4 Å². The Morgan fingerprint density at radius 1 is 1.32 bits per heavy atom. The molecule has 1 N–H and O–H groups in total. The second-order valence-corrected chi connectivity index (χ2v) is 4.94. The molecule has 0 saturated carbocycles. The lowest BCUT2D eigenvalue weighted by atomic mass is 9.90. The second kappa shape index (κ2) is 5.92. The summed E-state index contributed by atoms with van der Waals surface area (Å²) in [5.74, 6) is -3.61. The van der Waals surface area contributed by atoms with Crippen LogP contribution in [0.1, 0.15) is 31.9 Å². The van der Waals surface area contributed by atoms with Crippen molar-refractivity contribution in [2.24, 2.45) is 5.92 Å². The Kier molecular flexibility index (Phi) is 4.47. The fraction of sp³-hybridized carbons (Fsp3) is 0.571. The van der Waals surface area contributed by atoms with Gasteiger partial charge in [0.1, 0.15) is 0 Å². The van der Waals surface area contributed by atoms with Crippen LogP contribution in [-0.4, -0.2) is 19.3 Å². The quantitative estimate of drug-likeness (QED) is 0.851. The fourth-order valence-electron chi connectivity index (χ4n) is 2.61. The fourth-order valence-corrected chi connectivity index (χ4v) is 2.61. The molecule has 1 fully saturated rings. The lowest BCUT2D eigenvalue weighted by molar-refractivity contribution is 0.116. The van der Waals surface area contributed by atoms with Crippen molar-refractivity contribution in [3.63, 3.8) is 0 Å². The number of halogens is 3. The standard InChI is InChI=1S/C14H18F3NO/c1-3-18-14(9-6-8(2)19-7-9)10-4-5-11(15)13(17)12(10)16/h4-5,8-9,14,18H,3,6-7H2,1-2H3. The van der Waals surface area contributed by atoms with Gasteiger partial charge in [-0.15, -0.1) is 0 Å². The van der Waals surface area contributed by atoms with Gasteiger partial charge >= 0.3 is 0 Å². The molecule has 0 bridgehead atoms. The summed E-state index contributed by atoms with van der Waals surface area (Å²) in [7, 11) is 0. The minimum absolute atomic E-state index is 0.0642. The second-order valence-electron chi connectivity index (χ2n) is 4.94. The Balaban J connectivity index is 2.31. The van der Waals surface area contributed by atoms with E-state index in [4.69, 9.17) is 4.74 Å². The molecule has 5 heteroatoms. The molecule has 1 aromatic carbocycles.